The zero-order valence-corrected chi connectivity index (χ0v) is 13.8. The molecule has 1 aliphatic heterocycles. The molecule has 6 nitrogen and oxygen atoms in total. The first kappa shape index (κ1) is 19.3. The molecule has 0 atom stereocenters. The highest BCUT2D eigenvalue weighted by Gasteiger charge is 2.14. The number of hydrogen-bond donors (Lipinski definition) is 3. The molecule has 1 saturated heterocycles. The van der Waals surface area contributed by atoms with Crippen LogP contribution in [0, 0.1) is 5.82 Å². The van der Waals surface area contributed by atoms with Crippen LogP contribution in [0.1, 0.15) is 17.3 Å². The summed E-state index contributed by atoms with van der Waals surface area (Å²) in [6.07, 6.45) is 0. The minimum Gasteiger partial charge on any atom is -0.351 e. The van der Waals surface area contributed by atoms with E-state index in [1.54, 1.807) is 0 Å². The van der Waals surface area contributed by atoms with Crippen LogP contribution in [-0.4, -0.2) is 56.0 Å². The number of nitrogens with one attached hydrogen (secondary N) is 3. The third kappa shape index (κ3) is 6.13. The van der Waals surface area contributed by atoms with Crippen LogP contribution < -0.4 is 16.0 Å². The number of halogens is 2. The minimum absolute atomic E-state index is 0. The summed E-state index contributed by atoms with van der Waals surface area (Å²) in [7, 11) is 0. The molecule has 0 radical (unpaired) electrons. The Morgan fingerprint density at radius 2 is 2.00 bits per heavy atom. The molecule has 2 rings (SSSR count). The molecule has 23 heavy (non-hydrogen) atoms. The Morgan fingerprint density at radius 3 is 2.65 bits per heavy atom. The van der Waals surface area contributed by atoms with E-state index in [0.717, 1.165) is 32.7 Å². The first-order valence-electron chi connectivity index (χ1n) is 7.34. The topological polar surface area (TPSA) is 73.5 Å². The zero-order chi connectivity index (χ0) is 15.9. The molecular formula is C15H22ClFN4O2. The summed E-state index contributed by atoms with van der Waals surface area (Å²) in [5.41, 5.74) is 0.340. The molecule has 0 unspecified atom stereocenters. The van der Waals surface area contributed by atoms with Crippen molar-refractivity contribution in [3.8, 4) is 0 Å². The maximum Gasteiger partial charge on any atom is 0.254 e. The second kappa shape index (κ2) is 9.44. The lowest BCUT2D eigenvalue weighted by Crippen LogP contribution is -2.46. The van der Waals surface area contributed by atoms with E-state index in [4.69, 9.17) is 0 Å². The monoisotopic (exact) mass is 344 g/mol. The third-order valence-electron chi connectivity index (χ3n) is 3.45. The molecule has 2 amide bonds. The second-order valence-electron chi connectivity index (χ2n) is 5.22. The van der Waals surface area contributed by atoms with Crippen LogP contribution in [0.2, 0.25) is 0 Å². The minimum atomic E-state index is -0.603. The van der Waals surface area contributed by atoms with Gasteiger partial charge in [0.2, 0.25) is 5.91 Å². The van der Waals surface area contributed by atoms with E-state index in [-0.39, 0.29) is 23.9 Å². The molecule has 0 bridgehead atoms. The lowest BCUT2D eigenvalue weighted by atomic mass is 10.1. The Hall–Kier alpha value is -1.70. The Kier molecular flexibility index (Phi) is 7.94. The summed E-state index contributed by atoms with van der Waals surface area (Å²) in [5.74, 6) is -1.34. The molecule has 8 heteroatoms. The number of anilines is 1. The van der Waals surface area contributed by atoms with Gasteiger partial charge in [0.1, 0.15) is 5.82 Å². The smallest absolute Gasteiger partial charge is 0.254 e. The number of carbonyl (C=O) groups excluding carboxylic acids is 2. The highest BCUT2D eigenvalue weighted by molar-refractivity contribution is 5.97. The fraction of sp³-hybridized carbons (Fsp3) is 0.467. The van der Waals surface area contributed by atoms with Gasteiger partial charge in [0, 0.05) is 51.9 Å². The van der Waals surface area contributed by atoms with Crippen molar-refractivity contribution < 1.29 is 14.0 Å². The number of hydrogen-bond acceptors (Lipinski definition) is 4. The number of piperazine rings is 1. The van der Waals surface area contributed by atoms with Crippen LogP contribution >= 0.6 is 12.4 Å². The molecule has 3 N–H and O–H groups in total. The van der Waals surface area contributed by atoms with Gasteiger partial charge < -0.3 is 16.0 Å². The van der Waals surface area contributed by atoms with Crippen LogP contribution in [0.4, 0.5) is 10.1 Å². The van der Waals surface area contributed by atoms with E-state index >= 15 is 0 Å². The van der Waals surface area contributed by atoms with Crippen LogP contribution in [0.5, 0.6) is 0 Å². The predicted molar refractivity (Wildman–Crippen MR) is 89.6 cm³/mol. The average molecular weight is 345 g/mol. The lowest BCUT2D eigenvalue weighted by Gasteiger charge is -2.27. The molecule has 1 fully saturated rings. The van der Waals surface area contributed by atoms with Gasteiger partial charge in [0.05, 0.1) is 5.56 Å². The van der Waals surface area contributed by atoms with Gasteiger partial charge in [0.25, 0.3) is 5.91 Å². The molecular weight excluding hydrogens is 323 g/mol. The number of rotatable bonds is 5. The fourth-order valence-electron chi connectivity index (χ4n) is 2.34. The van der Waals surface area contributed by atoms with Crippen molar-refractivity contribution in [1.82, 2.24) is 15.5 Å². The van der Waals surface area contributed by atoms with Gasteiger partial charge in [-0.3, -0.25) is 14.5 Å². The highest BCUT2D eigenvalue weighted by Crippen LogP contribution is 2.14. The standard InChI is InChI=1S/C15H21FN4O2.ClH/c1-11(21)19-12-2-3-14(16)13(10-12)15(22)18-6-9-20-7-4-17-5-8-20;/h2-3,10,17H,4-9H2,1H3,(H,18,22)(H,19,21);1H. The number of benzene rings is 1. The molecule has 0 aromatic heterocycles. The van der Waals surface area contributed by atoms with Crippen molar-refractivity contribution in [2.75, 3.05) is 44.6 Å². The van der Waals surface area contributed by atoms with Gasteiger partial charge in [-0.05, 0) is 18.2 Å². The van der Waals surface area contributed by atoms with Crippen LogP contribution in [0.25, 0.3) is 0 Å². The largest absolute Gasteiger partial charge is 0.351 e. The van der Waals surface area contributed by atoms with E-state index in [1.807, 2.05) is 0 Å². The Morgan fingerprint density at radius 1 is 1.30 bits per heavy atom. The van der Waals surface area contributed by atoms with E-state index in [9.17, 15) is 14.0 Å². The van der Waals surface area contributed by atoms with Gasteiger partial charge in [-0.25, -0.2) is 4.39 Å². The first-order valence-corrected chi connectivity index (χ1v) is 7.34. The van der Waals surface area contributed by atoms with Crippen LogP contribution in [0.15, 0.2) is 18.2 Å². The fourth-order valence-corrected chi connectivity index (χ4v) is 2.34. The molecule has 1 aromatic carbocycles. The van der Waals surface area contributed by atoms with E-state index in [1.165, 1.54) is 25.1 Å². The van der Waals surface area contributed by atoms with Crippen molar-refractivity contribution in [2.45, 2.75) is 6.92 Å². The Labute approximate surface area is 141 Å². The normalized spacial score (nSPS) is 14.7. The highest BCUT2D eigenvalue weighted by atomic mass is 35.5. The molecule has 128 valence electrons. The van der Waals surface area contributed by atoms with Gasteiger partial charge in [-0.2, -0.15) is 0 Å². The molecule has 1 heterocycles. The van der Waals surface area contributed by atoms with Gasteiger partial charge >= 0.3 is 0 Å². The van der Waals surface area contributed by atoms with Crippen molar-refractivity contribution in [1.29, 1.82) is 0 Å². The third-order valence-corrected chi connectivity index (χ3v) is 3.45. The van der Waals surface area contributed by atoms with Crippen molar-refractivity contribution >= 4 is 29.9 Å². The summed E-state index contributed by atoms with van der Waals surface area (Å²) in [6, 6.07) is 3.95. The molecule has 1 aliphatic rings. The summed E-state index contributed by atoms with van der Waals surface area (Å²) >= 11 is 0. The number of amides is 2. The second-order valence-corrected chi connectivity index (χ2v) is 5.22. The number of carbonyl (C=O) groups is 2. The summed E-state index contributed by atoms with van der Waals surface area (Å²) in [5, 5.41) is 8.50. The molecule has 0 aliphatic carbocycles. The zero-order valence-electron chi connectivity index (χ0n) is 13.0. The van der Waals surface area contributed by atoms with Crippen molar-refractivity contribution in [3.05, 3.63) is 29.6 Å². The maximum atomic E-state index is 13.7. The summed E-state index contributed by atoms with van der Waals surface area (Å²) < 4.78 is 13.7. The van der Waals surface area contributed by atoms with E-state index < -0.39 is 11.7 Å². The van der Waals surface area contributed by atoms with Gasteiger partial charge in [0.15, 0.2) is 0 Å². The molecule has 0 spiro atoms. The van der Waals surface area contributed by atoms with Crippen LogP contribution in [0.3, 0.4) is 0 Å². The lowest BCUT2D eigenvalue weighted by molar-refractivity contribution is -0.114. The Balaban J connectivity index is 0.00000264. The SMILES string of the molecule is CC(=O)Nc1ccc(F)c(C(=O)NCCN2CCNCC2)c1.Cl. The quantitative estimate of drug-likeness (QED) is 0.740. The van der Waals surface area contributed by atoms with Crippen molar-refractivity contribution in [2.24, 2.45) is 0 Å². The predicted octanol–water partition coefficient (Wildman–Crippen LogP) is 0.841. The summed E-state index contributed by atoms with van der Waals surface area (Å²) in [4.78, 5) is 25.3. The van der Waals surface area contributed by atoms with E-state index in [0.29, 0.717) is 12.2 Å². The van der Waals surface area contributed by atoms with Crippen molar-refractivity contribution in [3.63, 3.8) is 0 Å². The first-order chi connectivity index (χ1) is 10.6. The number of nitrogens with zero attached hydrogens (tertiary/aromatic N) is 1. The Bertz CT molecular complexity index is 550. The van der Waals surface area contributed by atoms with Gasteiger partial charge in [-0.1, -0.05) is 0 Å². The van der Waals surface area contributed by atoms with Crippen LogP contribution in [-0.2, 0) is 4.79 Å². The average Bonchev–Trinajstić information content (AvgIpc) is 2.49. The van der Waals surface area contributed by atoms with E-state index in [2.05, 4.69) is 20.9 Å². The summed E-state index contributed by atoms with van der Waals surface area (Å²) in [6.45, 7) is 6.34. The maximum absolute atomic E-state index is 13.7. The van der Waals surface area contributed by atoms with Gasteiger partial charge in [-0.15, -0.1) is 12.4 Å². The molecule has 0 saturated carbocycles. The molecule has 1 aromatic rings.